The van der Waals surface area contributed by atoms with Crippen molar-refractivity contribution in [3.8, 4) is 5.88 Å². The third-order valence-corrected chi connectivity index (χ3v) is 4.04. The van der Waals surface area contributed by atoms with Gasteiger partial charge in [-0.25, -0.2) is 4.98 Å². The second-order valence-electron chi connectivity index (χ2n) is 4.49. The molecule has 1 aromatic heterocycles. The quantitative estimate of drug-likeness (QED) is 0.852. The lowest BCUT2D eigenvalue weighted by atomic mass is 10.1. The van der Waals surface area contributed by atoms with E-state index >= 15 is 0 Å². The topological polar surface area (TPSA) is 34.1 Å². The molecule has 0 radical (unpaired) electrons. The molecule has 19 heavy (non-hydrogen) atoms. The summed E-state index contributed by atoms with van der Waals surface area (Å²) in [5, 5.41) is 3.52. The van der Waals surface area contributed by atoms with Crippen LogP contribution in [0, 0.1) is 0 Å². The molecule has 2 heterocycles. The molecular weight excluding hydrogens is 256 g/mol. The van der Waals surface area contributed by atoms with Gasteiger partial charge in [-0.1, -0.05) is 18.2 Å². The fraction of sp³-hybridized carbons (Fsp3) is 0.267. The first-order valence-corrected chi connectivity index (χ1v) is 7.53. The van der Waals surface area contributed by atoms with E-state index in [4.69, 9.17) is 4.74 Å². The van der Waals surface area contributed by atoms with Gasteiger partial charge in [0.1, 0.15) is 6.61 Å². The van der Waals surface area contributed by atoms with Crippen LogP contribution in [0.25, 0.3) is 0 Å². The van der Waals surface area contributed by atoms with E-state index in [0.29, 0.717) is 6.61 Å². The number of thioether (sulfide) groups is 1. The molecule has 1 unspecified atom stereocenters. The first-order chi connectivity index (χ1) is 9.36. The molecule has 0 bridgehead atoms. The van der Waals surface area contributed by atoms with Gasteiger partial charge in [0.25, 0.3) is 0 Å². The molecule has 1 aromatic carbocycles. The number of fused-ring (bicyclic) bond motifs is 1. The molecule has 0 saturated heterocycles. The van der Waals surface area contributed by atoms with Gasteiger partial charge in [-0.15, -0.1) is 11.8 Å². The smallest absolute Gasteiger partial charge is 0.217 e. The third kappa shape index (κ3) is 2.74. The molecule has 0 saturated carbocycles. The van der Waals surface area contributed by atoms with Crippen molar-refractivity contribution in [2.24, 2.45) is 0 Å². The second kappa shape index (κ2) is 5.63. The van der Waals surface area contributed by atoms with Gasteiger partial charge in [-0.2, -0.15) is 0 Å². The van der Waals surface area contributed by atoms with E-state index in [1.54, 1.807) is 18.0 Å². The highest BCUT2D eigenvalue weighted by Gasteiger charge is 2.18. The Morgan fingerprint density at radius 3 is 2.89 bits per heavy atom. The van der Waals surface area contributed by atoms with Crippen LogP contribution in [-0.2, 0) is 6.54 Å². The molecule has 1 aliphatic heterocycles. The molecule has 0 spiro atoms. The van der Waals surface area contributed by atoms with Crippen LogP contribution in [0.3, 0.4) is 0 Å². The number of hydrogen-bond donors (Lipinski definition) is 1. The summed E-state index contributed by atoms with van der Waals surface area (Å²) in [5.74, 6) is 0.748. The standard InChI is InChI=1S/C15H16N2OS/c1-19-13-6-4-11(5-7-13)14-10-18-15-12(9-17-14)3-2-8-16-15/h2-8,14,17H,9-10H2,1H3. The average Bonchev–Trinajstić information content (AvgIpc) is 2.70. The van der Waals surface area contributed by atoms with Gasteiger partial charge in [0.2, 0.25) is 5.88 Å². The van der Waals surface area contributed by atoms with E-state index in [2.05, 4.69) is 46.9 Å². The number of hydrogen-bond acceptors (Lipinski definition) is 4. The predicted octanol–water partition coefficient (Wildman–Crippen LogP) is 3.03. The average molecular weight is 272 g/mol. The van der Waals surface area contributed by atoms with Crippen molar-refractivity contribution in [1.82, 2.24) is 10.3 Å². The Balaban J connectivity index is 1.77. The maximum Gasteiger partial charge on any atom is 0.217 e. The SMILES string of the molecule is CSc1ccc(C2COc3ncccc3CN2)cc1. The van der Waals surface area contributed by atoms with Crippen LogP contribution < -0.4 is 10.1 Å². The molecule has 1 aliphatic rings. The van der Waals surface area contributed by atoms with Crippen molar-refractivity contribution < 1.29 is 4.74 Å². The van der Waals surface area contributed by atoms with Crippen molar-refractivity contribution in [2.75, 3.05) is 12.9 Å². The van der Waals surface area contributed by atoms with Crippen molar-refractivity contribution >= 4 is 11.8 Å². The highest BCUT2D eigenvalue weighted by molar-refractivity contribution is 7.98. The summed E-state index contributed by atoms with van der Waals surface area (Å²) < 4.78 is 5.79. The zero-order valence-electron chi connectivity index (χ0n) is 10.8. The highest BCUT2D eigenvalue weighted by atomic mass is 32.2. The summed E-state index contributed by atoms with van der Waals surface area (Å²) in [6.07, 6.45) is 3.86. The Kier molecular flexibility index (Phi) is 3.71. The maximum absolute atomic E-state index is 5.79. The lowest BCUT2D eigenvalue weighted by Crippen LogP contribution is -2.23. The van der Waals surface area contributed by atoms with Gasteiger partial charge in [0, 0.05) is 23.2 Å². The molecule has 1 N–H and O–H groups in total. The van der Waals surface area contributed by atoms with Crippen molar-refractivity contribution in [1.29, 1.82) is 0 Å². The summed E-state index contributed by atoms with van der Waals surface area (Å²) in [5.41, 5.74) is 2.37. The Morgan fingerprint density at radius 2 is 2.11 bits per heavy atom. The van der Waals surface area contributed by atoms with E-state index in [1.165, 1.54) is 10.5 Å². The first kappa shape index (κ1) is 12.5. The third-order valence-electron chi connectivity index (χ3n) is 3.29. The van der Waals surface area contributed by atoms with Crippen LogP contribution in [0.5, 0.6) is 5.88 Å². The molecule has 98 valence electrons. The number of ether oxygens (including phenoxy) is 1. The highest BCUT2D eigenvalue weighted by Crippen LogP contribution is 2.24. The number of aromatic nitrogens is 1. The van der Waals surface area contributed by atoms with E-state index < -0.39 is 0 Å². The molecule has 4 heteroatoms. The molecule has 0 fully saturated rings. The predicted molar refractivity (Wildman–Crippen MR) is 77.5 cm³/mol. The zero-order valence-corrected chi connectivity index (χ0v) is 11.6. The number of rotatable bonds is 2. The number of nitrogens with one attached hydrogen (secondary N) is 1. The number of nitrogens with zero attached hydrogens (tertiary/aromatic N) is 1. The molecule has 0 amide bonds. The lowest BCUT2D eigenvalue weighted by molar-refractivity contribution is 0.271. The number of benzene rings is 1. The fourth-order valence-electron chi connectivity index (χ4n) is 2.19. The minimum absolute atomic E-state index is 0.213. The Hall–Kier alpha value is -1.52. The summed E-state index contributed by atoms with van der Waals surface area (Å²) in [7, 11) is 0. The largest absolute Gasteiger partial charge is 0.475 e. The molecule has 0 aliphatic carbocycles. The van der Waals surface area contributed by atoms with E-state index in [-0.39, 0.29) is 6.04 Å². The first-order valence-electron chi connectivity index (χ1n) is 6.31. The van der Waals surface area contributed by atoms with E-state index in [1.807, 2.05) is 6.07 Å². The molecule has 1 atom stereocenters. The van der Waals surface area contributed by atoms with Gasteiger partial charge in [-0.3, -0.25) is 0 Å². The van der Waals surface area contributed by atoms with E-state index in [9.17, 15) is 0 Å². The minimum atomic E-state index is 0.213. The van der Waals surface area contributed by atoms with Crippen LogP contribution >= 0.6 is 11.8 Å². The Labute approximate surface area is 117 Å². The molecular formula is C15H16N2OS. The molecule has 2 aromatic rings. The fourth-order valence-corrected chi connectivity index (χ4v) is 2.60. The summed E-state index contributed by atoms with van der Waals surface area (Å²) in [6.45, 7) is 1.40. The Morgan fingerprint density at radius 1 is 1.26 bits per heavy atom. The summed E-state index contributed by atoms with van der Waals surface area (Å²) >= 11 is 1.76. The van der Waals surface area contributed by atoms with Crippen LogP contribution in [0.15, 0.2) is 47.5 Å². The maximum atomic E-state index is 5.79. The lowest BCUT2D eigenvalue weighted by Gasteiger charge is -2.15. The molecule has 3 nitrogen and oxygen atoms in total. The second-order valence-corrected chi connectivity index (χ2v) is 5.36. The zero-order chi connectivity index (χ0) is 13.1. The van der Waals surface area contributed by atoms with Crippen LogP contribution in [0.4, 0.5) is 0 Å². The molecule has 3 rings (SSSR count). The van der Waals surface area contributed by atoms with Gasteiger partial charge >= 0.3 is 0 Å². The Bertz CT molecular complexity index is 529. The normalized spacial score (nSPS) is 18.3. The van der Waals surface area contributed by atoms with Crippen molar-refractivity contribution in [3.63, 3.8) is 0 Å². The minimum Gasteiger partial charge on any atom is -0.475 e. The van der Waals surface area contributed by atoms with Crippen LogP contribution in [0.2, 0.25) is 0 Å². The van der Waals surface area contributed by atoms with E-state index in [0.717, 1.165) is 18.0 Å². The van der Waals surface area contributed by atoms with Crippen molar-refractivity contribution in [3.05, 3.63) is 53.7 Å². The van der Waals surface area contributed by atoms with Gasteiger partial charge in [0.05, 0.1) is 6.04 Å². The van der Waals surface area contributed by atoms with Crippen LogP contribution in [0.1, 0.15) is 17.2 Å². The van der Waals surface area contributed by atoms with Crippen LogP contribution in [-0.4, -0.2) is 17.8 Å². The van der Waals surface area contributed by atoms with Crippen molar-refractivity contribution in [2.45, 2.75) is 17.5 Å². The van der Waals surface area contributed by atoms with Gasteiger partial charge in [0.15, 0.2) is 0 Å². The summed E-state index contributed by atoms with van der Waals surface area (Å²) in [4.78, 5) is 5.55. The number of pyridine rings is 1. The van der Waals surface area contributed by atoms with Gasteiger partial charge in [-0.05, 0) is 30.0 Å². The monoisotopic (exact) mass is 272 g/mol. The van der Waals surface area contributed by atoms with Gasteiger partial charge < -0.3 is 10.1 Å². The summed E-state index contributed by atoms with van der Waals surface area (Å²) in [6, 6.07) is 12.8.